The molecule has 1 aliphatic rings. The Bertz CT molecular complexity index is 472. The second-order valence-corrected chi connectivity index (χ2v) is 4.66. The zero-order valence-corrected chi connectivity index (χ0v) is 10.1. The van der Waals surface area contributed by atoms with Gasteiger partial charge in [0.1, 0.15) is 5.82 Å². The number of piperidine rings is 1. The highest BCUT2D eigenvalue weighted by molar-refractivity contribution is 5.66. The zero-order valence-electron chi connectivity index (χ0n) is 10.1. The number of carboxylic acids is 1. The van der Waals surface area contributed by atoms with E-state index in [0.717, 1.165) is 25.9 Å². The van der Waals surface area contributed by atoms with Crippen LogP contribution < -0.4 is 10.5 Å². The molecule has 1 atom stereocenters. The third-order valence-corrected chi connectivity index (χ3v) is 3.27. The van der Waals surface area contributed by atoms with Gasteiger partial charge >= 0.3 is 5.97 Å². The second kappa shape index (κ2) is 5.66. The maximum atomic E-state index is 11.2. The van der Waals surface area contributed by atoms with Crippen molar-refractivity contribution < 1.29 is 9.90 Å². The Kier molecular flexibility index (Phi) is 3.96. The van der Waals surface area contributed by atoms with Crippen LogP contribution in [0.25, 0.3) is 0 Å². The fourth-order valence-electron chi connectivity index (χ4n) is 2.37. The molecule has 0 aliphatic carbocycles. The predicted octanol–water partition coefficient (Wildman–Crippen LogP) is 0.851. The van der Waals surface area contributed by atoms with Crippen molar-refractivity contribution in [3.05, 3.63) is 22.7 Å². The van der Waals surface area contributed by atoms with E-state index in [1.165, 1.54) is 12.4 Å². The molecule has 0 spiro atoms. The molecule has 0 bridgehead atoms. The van der Waals surface area contributed by atoms with Crippen LogP contribution in [0.15, 0.2) is 17.2 Å². The quantitative estimate of drug-likeness (QED) is 0.828. The lowest BCUT2D eigenvalue weighted by molar-refractivity contribution is -0.137. The van der Waals surface area contributed by atoms with Crippen molar-refractivity contribution in [2.45, 2.75) is 25.7 Å². The summed E-state index contributed by atoms with van der Waals surface area (Å²) in [6.45, 7) is 1.66. The Morgan fingerprint density at radius 3 is 3.17 bits per heavy atom. The molecule has 0 amide bonds. The molecular formula is C12H17N3O3. The van der Waals surface area contributed by atoms with Gasteiger partial charge in [-0.25, -0.2) is 4.98 Å². The Balaban J connectivity index is 1.98. The third kappa shape index (κ3) is 3.32. The van der Waals surface area contributed by atoms with Crippen LogP contribution in [0.2, 0.25) is 0 Å². The molecule has 6 heteroatoms. The van der Waals surface area contributed by atoms with Crippen LogP contribution in [-0.2, 0) is 4.79 Å². The molecule has 2 heterocycles. The number of hydrogen-bond acceptors (Lipinski definition) is 4. The first-order valence-corrected chi connectivity index (χ1v) is 6.16. The minimum atomic E-state index is -0.749. The van der Waals surface area contributed by atoms with E-state index in [4.69, 9.17) is 5.11 Å². The highest BCUT2D eigenvalue weighted by atomic mass is 16.4. The average Bonchev–Trinajstić information content (AvgIpc) is 2.37. The standard InChI is InChI=1S/C12H17N3O3/c16-11-6-10(13-8-14-11)15-5-1-2-9(7-15)3-4-12(17)18/h6,8-9H,1-5,7H2,(H,17,18)(H,13,14,16). The minimum Gasteiger partial charge on any atom is -0.481 e. The molecule has 2 N–H and O–H groups in total. The average molecular weight is 251 g/mol. The smallest absolute Gasteiger partial charge is 0.303 e. The van der Waals surface area contributed by atoms with E-state index < -0.39 is 5.97 Å². The van der Waals surface area contributed by atoms with Gasteiger partial charge in [0.2, 0.25) is 0 Å². The predicted molar refractivity (Wildman–Crippen MR) is 66.7 cm³/mol. The number of anilines is 1. The summed E-state index contributed by atoms with van der Waals surface area (Å²) in [4.78, 5) is 30.5. The number of aromatic amines is 1. The van der Waals surface area contributed by atoms with Crippen molar-refractivity contribution in [1.82, 2.24) is 9.97 Å². The number of nitrogens with one attached hydrogen (secondary N) is 1. The molecule has 0 aromatic carbocycles. The molecule has 2 rings (SSSR count). The maximum absolute atomic E-state index is 11.2. The number of nitrogens with zero attached hydrogens (tertiary/aromatic N) is 2. The van der Waals surface area contributed by atoms with Crippen molar-refractivity contribution in [2.75, 3.05) is 18.0 Å². The number of aliphatic carboxylic acids is 1. The summed E-state index contributed by atoms with van der Waals surface area (Å²) in [5.41, 5.74) is -0.160. The molecule has 1 unspecified atom stereocenters. The molecule has 1 fully saturated rings. The number of rotatable bonds is 4. The first kappa shape index (κ1) is 12.6. The van der Waals surface area contributed by atoms with E-state index in [2.05, 4.69) is 14.9 Å². The number of aromatic nitrogens is 2. The van der Waals surface area contributed by atoms with Gasteiger partial charge in [-0.3, -0.25) is 9.59 Å². The van der Waals surface area contributed by atoms with Crippen LogP contribution in [0.3, 0.4) is 0 Å². The van der Waals surface area contributed by atoms with Gasteiger partial charge in [-0.2, -0.15) is 0 Å². The number of carboxylic acid groups (broad SMARTS) is 1. The molecule has 0 saturated carbocycles. The molecule has 1 aromatic rings. The van der Waals surface area contributed by atoms with Crippen molar-refractivity contribution in [1.29, 1.82) is 0 Å². The first-order chi connectivity index (χ1) is 8.65. The van der Waals surface area contributed by atoms with E-state index in [0.29, 0.717) is 18.2 Å². The Morgan fingerprint density at radius 1 is 1.61 bits per heavy atom. The van der Waals surface area contributed by atoms with Gasteiger partial charge in [0.25, 0.3) is 5.56 Å². The van der Waals surface area contributed by atoms with Crippen LogP contribution in [-0.4, -0.2) is 34.1 Å². The van der Waals surface area contributed by atoms with Crippen LogP contribution in [0.5, 0.6) is 0 Å². The summed E-state index contributed by atoms with van der Waals surface area (Å²) in [5, 5.41) is 8.69. The van der Waals surface area contributed by atoms with E-state index in [1.807, 2.05) is 0 Å². The van der Waals surface area contributed by atoms with Crippen LogP contribution >= 0.6 is 0 Å². The SMILES string of the molecule is O=C(O)CCC1CCCN(c2cc(=O)[nH]cn2)C1. The van der Waals surface area contributed by atoms with Crippen molar-refractivity contribution in [3.63, 3.8) is 0 Å². The molecular weight excluding hydrogens is 234 g/mol. The largest absolute Gasteiger partial charge is 0.481 e. The number of carbonyl (C=O) groups is 1. The topological polar surface area (TPSA) is 86.3 Å². The lowest BCUT2D eigenvalue weighted by atomic mass is 9.93. The molecule has 1 aliphatic heterocycles. The van der Waals surface area contributed by atoms with Gasteiger partial charge in [0, 0.05) is 25.6 Å². The molecule has 1 aromatic heterocycles. The van der Waals surface area contributed by atoms with Crippen molar-refractivity contribution in [2.24, 2.45) is 5.92 Å². The lowest BCUT2D eigenvalue weighted by Gasteiger charge is -2.33. The van der Waals surface area contributed by atoms with Crippen LogP contribution in [0.4, 0.5) is 5.82 Å². The number of H-pyrrole nitrogens is 1. The second-order valence-electron chi connectivity index (χ2n) is 4.66. The lowest BCUT2D eigenvalue weighted by Crippen LogP contribution is -2.36. The Hall–Kier alpha value is -1.85. The monoisotopic (exact) mass is 251 g/mol. The summed E-state index contributed by atoms with van der Waals surface area (Å²) in [6.07, 6.45) is 4.36. The van der Waals surface area contributed by atoms with E-state index in [1.54, 1.807) is 0 Å². The Labute approximate surface area is 105 Å². The van der Waals surface area contributed by atoms with Crippen LogP contribution in [0.1, 0.15) is 25.7 Å². The van der Waals surface area contributed by atoms with E-state index in [9.17, 15) is 9.59 Å². The summed E-state index contributed by atoms with van der Waals surface area (Å²) < 4.78 is 0. The summed E-state index contributed by atoms with van der Waals surface area (Å²) in [7, 11) is 0. The molecule has 98 valence electrons. The molecule has 0 radical (unpaired) electrons. The van der Waals surface area contributed by atoms with E-state index >= 15 is 0 Å². The summed E-state index contributed by atoms with van der Waals surface area (Å²) in [5.74, 6) is 0.302. The Morgan fingerprint density at radius 2 is 2.44 bits per heavy atom. The highest BCUT2D eigenvalue weighted by Gasteiger charge is 2.21. The molecule has 1 saturated heterocycles. The van der Waals surface area contributed by atoms with Gasteiger partial charge < -0.3 is 15.0 Å². The minimum absolute atomic E-state index is 0.160. The fraction of sp³-hybridized carbons (Fsp3) is 0.583. The maximum Gasteiger partial charge on any atom is 0.303 e. The normalized spacial score (nSPS) is 19.8. The van der Waals surface area contributed by atoms with Gasteiger partial charge in [-0.1, -0.05) is 0 Å². The van der Waals surface area contributed by atoms with Gasteiger partial charge in [-0.05, 0) is 25.2 Å². The fourth-order valence-corrected chi connectivity index (χ4v) is 2.37. The summed E-state index contributed by atoms with van der Waals surface area (Å²) in [6, 6.07) is 1.49. The number of hydrogen-bond donors (Lipinski definition) is 2. The van der Waals surface area contributed by atoms with Crippen molar-refractivity contribution >= 4 is 11.8 Å². The van der Waals surface area contributed by atoms with Gasteiger partial charge in [0.05, 0.1) is 6.33 Å². The van der Waals surface area contributed by atoms with E-state index in [-0.39, 0.29) is 12.0 Å². The van der Waals surface area contributed by atoms with Crippen LogP contribution in [0, 0.1) is 5.92 Å². The van der Waals surface area contributed by atoms with Gasteiger partial charge in [-0.15, -0.1) is 0 Å². The summed E-state index contributed by atoms with van der Waals surface area (Å²) >= 11 is 0. The van der Waals surface area contributed by atoms with Crippen molar-refractivity contribution in [3.8, 4) is 0 Å². The molecule has 6 nitrogen and oxygen atoms in total. The molecule has 18 heavy (non-hydrogen) atoms. The first-order valence-electron chi connectivity index (χ1n) is 6.16. The third-order valence-electron chi connectivity index (χ3n) is 3.27. The van der Waals surface area contributed by atoms with Gasteiger partial charge in [0.15, 0.2) is 0 Å². The highest BCUT2D eigenvalue weighted by Crippen LogP contribution is 2.23. The zero-order chi connectivity index (χ0) is 13.0.